The summed E-state index contributed by atoms with van der Waals surface area (Å²) in [6, 6.07) is 1.70. The lowest BCUT2D eigenvalue weighted by atomic mass is 10.3. The van der Waals surface area contributed by atoms with E-state index in [1.54, 1.807) is 22.9 Å². The van der Waals surface area contributed by atoms with Crippen molar-refractivity contribution in [1.82, 2.24) is 14.4 Å². The first-order valence-corrected chi connectivity index (χ1v) is 5.33. The SMILES string of the molecule is O=C(O)/C=C/C(=O)c1nc2ncccn2c1Br. The molecule has 0 fully saturated rings. The molecule has 2 aromatic rings. The standard InChI is InChI=1S/C10H6BrN3O3/c11-9-8(6(15)2-3-7(16)17)13-10-12-4-1-5-14(9)10/h1-5H,(H,16,17)/b3-2+. The van der Waals surface area contributed by atoms with Gasteiger partial charge in [0.05, 0.1) is 0 Å². The second kappa shape index (κ2) is 4.46. The Labute approximate surface area is 104 Å². The van der Waals surface area contributed by atoms with Crippen LogP contribution in [0.4, 0.5) is 0 Å². The summed E-state index contributed by atoms with van der Waals surface area (Å²) in [5, 5.41) is 8.43. The summed E-state index contributed by atoms with van der Waals surface area (Å²) in [5.74, 6) is -1.31. The van der Waals surface area contributed by atoms with Crippen molar-refractivity contribution in [2.75, 3.05) is 0 Å². The van der Waals surface area contributed by atoms with Crippen LogP contribution in [0.3, 0.4) is 0 Å². The molecule has 6 nitrogen and oxygen atoms in total. The maximum Gasteiger partial charge on any atom is 0.328 e. The van der Waals surface area contributed by atoms with E-state index in [1.807, 2.05) is 0 Å². The van der Waals surface area contributed by atoms with Crippen molar-refractivity contribution in [3.05, 3.63) is 40.9 Å². The highest BCUT2D eigenvalue weighted by atomic mass is 79.9. The molecule has 0 aromatic carbocycles. The normalized spacial score (nSPS) is 11.1. The van der Waals surface area contributed by atoms with Crippen LogP contribution >= 0.6 is 15.9 Å². The van der Waals surface area contributed by atoms with Crippen LogP contribution in [0.5, 0.6) is 0 Å². The first-order chi connectivity index (χ1) is 8.09. The molecule has 7 heteroatoms. The molecule has 86 valence electrons. The molecule has 2 heterocycles. The number of aromatic nitrogens is 3. The Kier molecular flexibility index (Phi) is 3.01. The number of nitrogens with zero attached hydrogens (tertiary/aromatic N) is 3. The number of carboxylic acids is 1. The van der Waals surface area contributed by atoms with E-state index in [2.05, 4.69) is 25.9 Å². The number of imidazole rings is 1. The first-order valence-electron chi connectivity index (χ1n) is 4.53. The van der Waals surface area contributed by atoms with Crippen LogP contribution in [0.1, 0.15) is 10.5 Å². The molecule has 0 aliphatic heterocycles. The summed E-state index contributed by atoms with van der Waals surface area (Å²) < 4.78 is 2.03. The number of carbonyl (C=O) groups excluding carboxylic acids is 1. The number of rotatable bonds is 3. The van der Waals surface area contributed by atoms with Crippen LogP contribution in [-0.4, -0.2) is 31.2 Å². The Hall–Kier alpha value is -2.02. The fourth-order valence-electron chi connectivity index (χ4n) is 1.24. The van der Waals surface area contributed by atoms with E-state index in [9.17, 15) is 9.59 Å². The molecule has 0 saturated heterocycles. The van der Waals surface area contributed by atoms with Gasteiger partial charge in [-0.25, -0.2) is 14.8 Å². The maximum absolute atomic E-state index is 11.7. The van der Waals surface area contributed by atoms with Crippen LogP contribution in [0.25, 0.3) is 5.78 Å². The minimum Gasteiger partial charge on any atom is -0.478 e. The molecule has 0 atom stereocenters. The molecular weight excluding hydrogens is 290 g/mol. The minimum atomic E-state index is -1.18. The lowest BCUT2D eigenvalue weighted by molar-refractivity contribution is -0.131. The molecule has 1 N–H and O–H groups in total. The van der Waals surface area contributed by atoms with E-state index in [0.717, 1.165) is 12.2 Å². The average molecular weight is 296 g/mol. The van der Waals surface area contributed by atoms with Crippen molar-refractivity contribution >= 4 is 33.5 Å². The third kappa shape index (κ3) is 2.23. The van der Waals surface area contributed by atoms with Crippen LogP contribution in [0.2, 0.25) is 0 Å². The lowest BCUT2D eigenvalue weighted by Gasteiger charge is -1.92. The molecule has 0 bridgehead atoms. The zero-order valence-electron chi connectivity index (χ0n) is 8.37. The van der Waals surface area contributed by atoms with Crippen molar-refractivity contribution in [3.63, 3.8) is 0 Å². The van der Waals surface area contributed by atoms with E-state index < -0.39 is 11.8 Å². The highest BCUT2D eigenvalue weighted by Gasteiger charge is 2.15. The fourth-order valence-corrected chi connectivity index (χ4v) is 1.80. The zero-order valence-corrected chi connectivity index (χ0v) is 9.96. The number of hydrogen-bond donors (Lipinski definition) is 1. The van der Waals surface area contributed by atoms with Gasteiger partial charge in [-0.3, -0.25) is 9.20 Å². The van der Waals surface area contributed by atoms with Crippen LogP contribution < -0.4 is 0 Å². The van der Waals surface area contributed by atoms with E-state index in [4.69, 9.17) is 5.11 Å². The van der Waals surface area contributed by atoms with E-state index >= 15 is 0 Å². The summed E-state index contributed by atoms with van der Waals surface area (Å²) >= 11 is 3.22. The van der Waals surface area contributed by atoms with Gasteiger partial charge in [0, 0.05) is 18.5 Å². The first kappa shape index (κ1) is 11.5. The highest BCUT2D eigenvalue weighted by molar-refractivity contribution is 9.10. The van der Waals surface area contributed by atoms with Crippen molar-refractivity contribution in [2.45, 2.75) is 0 Å². The summed E-state index contributed by atoms with van der Waals surface area (Å²) in [5.41, 5.74) is 0.126. The molecule has 17 heavy (non-hydrogen) atoms. The number of hydrogen-bond acceptors (Lipinski definition) is 4. The van der Waals surface area contributed by atoms with Gasteiger partial charge in [0.2, 0.25) is 11.6 Å². The van der Waals surface area contributed by atoms with Gasteiger partial charge in [-0.05, 0) is 28.1 Å². The van der Waals surface area contributed by atoms with Gasteiger partial charge in [0.1, 0.15) is 10.3 Å². The van der Waals surface area contributed by atoms with Gasteiger partial charge >= 0.3 is 5.97 Å². The van der Waals surface area contributed by atoms with Crippen LogP contribution in [-0.2, 0) is 4.79 Å². The smallest absolute Gasteiger partial charge is 0.328 e. The third-order valence-electron chi connectivity index (χ3n) is 1.96. The fraction of sp³-hybridized carbons (Fsp3) is 0. The predicted molar refractivity (Wildman–Crippen MR) is 61.8 cm³/mol. The Morgan fingerprint density at radius 2 is 2.18 bits per heavy atom. The average Bonchev–Trinajstić information content (AvgIpc) is 2.64. The van der Waals surface area contributed by atoms with E-state index in [0.29, 0.717) is 10.4 Å². The Bertz CT molecular complexity index is 633. The summed E-state index contributed by atoms with van der Waals surface area (Å²) in [6.07, 6.45) is 4.97. The molecule has 0 spiro atoms. The van der Waals surface area contributed by atoms with Crippen LogP contribution in [0, 0.1) is 0 Å². The Morgan fingerprint density at radius 3 is 2.82 bits per heavy atom. The Balaban J connectivity index is 2.46. The number of allylic oxidation sites excluding steroid dienone is 1. The number of fused-ring (bicyclic) bond motifs is 1. The zero-order chi connectivity index (χ0) is 12.4. The van der Waals surface area contributed by atoms with Gasteiger partial charge in [0.15, 0.2) is 0 Å². The summed E-state index contributed by atoms with van der Waals surface area (Å²) in [6.45, 7) is 0. The topological polar surface area (TPSA) is 84.6 Å². The maximum atomic E-state index is 11.7. The van der Waals surface area contributed by atoms with Gasteiger partial charge in [0.25, 0.3) is 0 Å². The summed E-state index contributed by atoms with van der Waals surface area (Å²) in [4.78, 5) is 29.9. The van der Waals surface area contributed by atoms with E-state index in [1.165, 1.54) is 0 Å². The van der Waals surface area contributed by atoms with Gasteiger partial charge in [-0.15, -0.1) is 0 Å². The van der Waals surface area contributed by atoms with Crippen molar-refractivity contribution in [2.24, 2.45) is 0 Å². The molecule has 0 saturated carbocycles. The number of ketones is 1. The second-order valence-corrected chi connectivity index (χ2v) is 3.83. The summed E-state index contributed by atoms with van der Waals surface area (Å²) in [7, 11) is 0. The molecule has 0 aliphatic carbocycles. The Morgan fingerprint density at radius 1 is 1.41 bits per heavy atom. The molecule has 0 aliphatic rings. The highest BCUT2D eigenvalue weighted by Crippen LogP contribution is 2.18. The van der Waals surface area contributed by atoms with E-state index in [-0.39, 0.29) is 5.69 Å². The number of carboxylic acid groups (broad SMARTS) is 1. The molecule has 2 rings (SSSR count). The van der Waals surface area contributed by atoms with Crippen molar-refractivity contribution in [1.29, 1.82) is 0 Å². The number of halogens is 1. The number of carbonyl (C=O) groups is 2. The third-order valence-corrected chi connectivity index (χ3v) is 2.71. The lowest BCUT2D eigenvalue weighted by Crippen LogP contribution is -1.98. The van der Waals surface area contributed by atoms with Crippen molar-refractivity contribution in [3.8, 4) is 0 Å². The van der Waals surface area contributed by atoms with Crippen LogP contribution in [0.15, 0.2) is 35.2 Å². The largest absolute Gasteiger partial charge is 0.478 e. The molecule has 2 aromatic heterocycles. The molecule has 0 amide bonds. The van der Waals surface area contributed by atoms with Gasteiger partial charge < -0.3 is 5.11 Å². The minimum absolute atomic E-state index is 0.126. The second-order valence-electron chi connectivity index (χ2n) is 3.08. The number of aliphatic carboxylic acids is 1. The monoisotopic (exact) mass is 295 g/mol. The van der Waals surface area contributed by atoms with Crippen molar-refractivity contribution < 1.29 is 14.7 Å². The van der Waals surface area contributed by atoms with Gasteiger partial charge in [-0.2, -0.15) is 0 Å². The molecular formula is C10H6BrN3O3. The molecule has 0 radical (unpaired) electrons. The van der Waals surface area contributed by atoms with Gasteiger partial charge in [-0.1, -0.05) is 0 Å². The molecule has 0 unspecified atom stereocenters. The quantitative estimate of drug-likeness (QED) is 0.682. The predicted octanol–water partition coefficient (Wildman–Crippen LogP) is 1.32.